The van der Waals surface area contributed by atoms with Gasteiger partial charge < -0.3 is 5.11 Å². The molecule has 1 N–H and O–H groups in total. The average molecular weight is 313 g/mol. The largest absolute Gasteiger partial charge is 0.395 e. The van der Waals surface area contributed by atoms with E-state index in [-0.39, 0.29) is 24.2 Å². The van der Waals surface area contributed by atoms with E-state index in [9.17, 15) is 8.42 Å². The standard InChI is InChI=1S/C14H19NO3S2/c1-12-11-20(17,18)9-7-15(12)10-14-6-5-13(19-14)4-2-3-8-16/h5-6,12,16H,3,7-11H2,1H3. The molecule has 6 heteroatoms. The number of thiophene rings is 1. The lowest BCUT2D eigenvalue weighted by Gasteiger charge is -2.32. The quantitative estimate of drug-likeness (QED) is 0.849. The molecule has 110 valence electrons. The summed E-state index contributed by atoms with van der Waals surface area (Å²) in [6.45, 7) is 3.44. The van der Waals surface area contributed by atoms with Crippen LogP contribution in [-0.4, -0.2) is 49.1 Å². The van der Waals surface area contributed by atoms with Gasteiger partial charge in [0.15, 0.2) is 9.84 Å². The van der Waals surface area contributed by atoms with Crippen LogP contribution in [0.1, 0.15) is 23.1 Å². The average Bonchev–Trinajstić information content (AvgIpc) is 2.80. The Labute approximate surface area is 124 Å². The van der Waals surface area contributed by atoms with Crippen molar-refractivity contribution < 1.29 is 13.5 Å². The molecule has 2 rings (SSSR count). The molecule has 0 bridgehead atoms. The minimum atomic E-state index is -2.85. The Morgan fingerprint density at radius 3 is 3.00 bits per heavy atom. The van der Waals surface area contributed by atoms with Crippen LogP contribution in [0.15, 0.2) is 12.1 Å². The molecule has 0 aliphatic carbocycles. The fraction of sp³-hybridized carbons (Fsp3) is 0.571. The molecule has 1 aliphatic heterocycles. The second kappa shape index (κ2) is 6.72. The molecule has 1 aliphatic rings. The van der Waals surface area contributed by atoms with E-state index in [0.29, 0.717) is 13.0 Å². The van der Waals surface area contributed by atoms with E-state index in [4.69, 9.17) is 5.11 Å². The number of aliphatic hydroxyl groups excluding tert-OH is 1. The van der Waals surface area contributed by atoms with Crippen LogP contribution in [0.3, 0.4) is 0 Å². The molecular formula is C14H19NO3S2. The van der Waals surface area contributed by atoms with Crippen LogP contribution >= 0.6 is 11.3 Å². The first-order valence-electron chi connectivity index (χ1n) is 6.63. The van der Waals surface area contributed by atoms with Crippen molar-refractivity contribution in [2.45, 2.75) is 25.9 Å². The lowest BCUT2D eigenvalue weighted by atomic mass is 10.3. The summed E-state index contributed by atoms with van der Waals surface area (Å²) < 4.78 is 23.1. The molecule has 1 atom stereocenters. The normalized spacial score (nSPS) is 22.2. The van der Waals surface area contributed by atoms with Gasteiger partial charge in [-0.3, -0.25) is 4.90 Å². The third kappa shape index (κ3) is 4.32. The second-order valence-corrected chi connectivity index (χ2v) is 8.37. The number of aliphatic hydroxyl groups is 1. The summed E-state index contributed by atoms with van der Waals surface area (Å²) in [5.74, 6) is 6.43. The molecular weight excluding hydrogens is 294 g/mol. The van der Waals surface area contributed by atoms with Gasteiger partial charge in [0.1, 0.15) is 0 Å². The first-order chi connectivity index (χ1) is 9.50. The highest BCUT2D eigenvalue weighted by Crippen LogP contribution is 2.21. The Hall–Kier alpha value is -0.870. The van der Waals surface area contributed by atoms with Crippen molar-refractivity contribution in [1.82, 2.24) is 4.90 Å². The lowest BCUT2D eigenvalue weighted by Crippen LogP contribution is -2.46. The SMILES string of the molecule is CC1CS(=O)(=O)CCN1Cc1ccc(C#CCCO)s1. The van der Waals surface area contributed by atoms with Crippen molar-refractivity contribution in [1.29, 1.82) is 0 Å². The van der Waals surface area contributed by atoms with Gasteiger partial charge in [0, 0.05) is 30.4 Å². The summed E-state index contributed by atoms with van der Waals surface area (Å²) in [5.41, 5.74) is 0. The molecule has 1 aromatic heterocycles. The van der Waals surface area contributed by atoms with E-state index in [1.165, 1.54) is 4.88 Å². The Balaban J connectivity index is 1.96. The highest BCUT2D eigenvalue weighted by molar-refractivity contribution is 7.91. The van der Waals surface area contributed by atoms with Crippen LogP contribution in [-0.2, 0) is 16.4 Å². The van der Waals surface area contributed by atoms with Crippen LogP contribution in [0.25, 0.3) is 0 Å². The molecule has 1 aromatic rings. The van der Waals surface area contributed by atoms with Crippen molar-refractivity contribution >= 4 is 21.2 Å². The summed E-state index contributed by atoms with van der Waals surface area (Å²) in [7, 11) is -2.85. The maximum atomic E-state index is 11.5. The van der Waals surface area contributed by atoms with Gasteiger partial charge in [-0.15, -0.1) is 11.3 Å². The summed E-state index contributed by atoms with van der Waals surface area (Å²) in [6.07, 6.45) is 0.494. The number of nitrogens with zero attached hydrogens (tertiary/aromatic N) is 1. The molecule has 1 unspecified atom stereocenters. The summed E-state index contributed by atoms with van der Waals surface area (Å²) in [6, 6.07) is 4.10. The number of hydrogen-bond acceptors (Lipinski definition) is 5. The van der Waals surface area contributed by atoms with E-state index in [2.05, 4.69) is 16.7 Å². The van der Waals surface area contributed by atoms with Crippen molar-refractivity contribution in [3.8, 4) is 11.8 Å². The third-order valence-corrected chi connectivity index (χ3v) is 6.06. The number of hydrogen-bond donors (Lipinski definition) is 1. The molecule has 0 radical (unpaired) electrons. The zero-order valence-corrected chi connectivity index (χ0v) is 13.1. The van der Waals surface area contributed by atoms with Gasteiger partial charge >= 0.3 is 0 Å². The van der Waals surface area contributed by atoms with E-state index in [1.54, 1.807) is 11.3 Å². The predicted molar refractivity (Wildman–Crippen MR) is 81.4 cm³/mol. The minimum absolute atomic E-state index is 0.0692. The summed E-state index contributed by atoms with van der Waals surface area (Å²) in [5, 5.41) is 8.68. The molecule has 0 aromatic carbocycles. The molecule has 0 saturated carbocycles. The van der Waals surface area contributed by atoms with Crippen molar-refractivity contribution in [3.63, 3.8) is 0 Å². The maximum absolute atomic E-state index is 11.5. The highest BCUT2D eigenvalue weighted by Gasteiger charge is 2.28. The second-order valence-electron chi connectivity index (χ2n) is 4.98. The molecule has 2 heterocycles. The summed E-state index contributed by atoms with van der Waals surface area (Å²) >= 11 is 1.63. The highest BCUT2D eigenvalue weighted by atomic mass is 32.2. The van der Waals surface area contributed by atoms with Gasteiger partial charge in [0.2, 0.25) is 0 Å². The number of sulfone groups is 1. The van der Waals surface area contributed by atoms with Crippen LogP contribution in [0.5, 0.6) is 0 Å². The lowest BCUT2D eigenvalue weighted by molar-refractivity contribution is 0.220. The van der Waals surface area contributed by atoms with Gasteiger partial charge in [-0.1, -0.05) is 11.8 Å². The van der Waals surface area contributed by atoms with Crippen LogP contribution in [0.4, 0.5) is 0 Å². The van der Waals surface area contributed by atoms with Crippen molar-refractivity contribution in [2.75, 3.05) is 24.7 Å². The molecule has 1 saturated heterocycles. The Kier molecular flexibility index (Phi) is 5.22. The first-order valence-corrected chi connectivity index (χ1v) is 9.27. The van der Waals surface area contributed by atoms with Gasteiger partial charge in [0.05, 0.1) is 23.0 Å². The Morgan fingerprint density at radius 1 is 1.50 bits per heavy atom. The Morgan fingerprint density at radius 2 is 2.30 bits per heavy atom. The zero-order chi connectivity index (χ0) is 14.6. The van der Waals surface area contributed by atoms with Crippen LogP contribution in [0, 0.1) is 11.8 Å². The van der Waals surface area contributed by atoms with E-state index >= 15 is 0 Å². The smallest absolute Gasteiger partial charge is 0.153 e. The topological polar surface area (TPSA) is 57.6 Å². The fourth-order valence-corrected chi connectivity index (χ4v) is 4.74. The fourth-order valence-electron chi connectivity index (χ4n) is 2.20. The molecule has 1 fully saturated rings. The maximum Gasteiger partial charge on any atom is 0.153 e. The molecule has 4 nitrogen and oxygen atoms in total. The van der Waals surface area contributed by atoms with E-state index < -0.39 is 9.84 Å². The van der Waals surface area contributed by atoms with Gasteiger partial charge in [-0.25, -0.2) is 8.42 Å². The molecule has 0 amide bonds. The van der Waals surface area contributed by atoms with Gasteiger partial charge in [-0.05, 0) is 19.1 Å². The number of rotatable bonds is 3. The van der Waals surface area contributed by atoms with Gasteiger partial charge in [-0.2, -0.15) is 0 Å². The van der Waals surface area contributed by atoms with Crippen LogP contribution in [0.2, 0.25) is 0 Å². The molecule has 20 heavy (non-hydrogen) atoms. The molecule has 0 spiro atoms. The zero-order valence-electron chi connectivity index (χ0n) is 11.5. The van der Waals surface area contributed by atoms with E-state index in [1.807, 2.05) is 19.1 Å². The Bertz CT molecular complexity index is 610. The minimum Gasteiger partial charge on any atom is -0.395 e. The van der Waals surface area contributed by atoms with E-state index in [0.717, 1.165) is 11.4 Å². The monoisotopic (exact) mass is 313 g/mol. The van der Waals surface area contributed by atoms with Crippen molar-refractivity contribution in [3.05, 3.63) is 21.9 Å². The first kappa shape index (κ1) is 15.5. The predicted octanol–water partition coefficient (Wildman–Crippen LogP) is 1.10. The van der Waals surface area contributed by atoms with Crippen molar-refractivity contribution in [2.24, 2.45) is 0 Å². The third-order valence-electron chi connectivity index (χ3n) is 3.28. The van der Waals surface area contributed by atoms with Crippen LogP contribution < -0.4 is 0 Å². The summed E-state index contributed by atoms with van der Waals surface area (Å²) in [4.78, 5) is 4.40. The van der Waals surface area contributed by atoms with Gasteiger partial charge in [0.25, 0.3) is 0 Å².